The van der Waals surface area contributed by atoms with Gasteiger partial charge in [0.25, 0.3) is 0 Å². The Hall–Kier alpha value is -4.20. The average Bonchev–Trinajstić information content (AvgIpc) is 2.72. The third kappa shape index (κ3) is 3.35. The number of aromatic nitrogens is 1. The van der Waals surface area contributed by atoms with Gasteiger partial charge in [0, 0.05) is 5.56 Å². The molecular formula is C17H17BN8O4. The van der Waals surface area contributed by atoms with Crippen molar-refractivity contribution in [2.45, 2.75) is 6.04 Å². The molecule has 152 valence electrons. The van der Waals surface area contributed by atoms with E-state index in [1.54, 1.807) is 6.19 Å². The van der Waals surface area contributed by atoms with E-state index in [1.165, 1.54) is 26.4 Å². The molecule has 1 aromatic heterocycles. The SMILES string of the molecule is COc1cc(C2N=C(NC#N)Nc3nc(N)c(C#N)c(N)c32)cc(OC)c1B(O)O. The lowest BCUT2D eigenvalue weighted by Crippen LogP contribution is -2.34. The van der Waals surface area contributed by atoms with Crippen molar-refractivity contribution in [2.24, 2.45) is 4.99 Å². The highest BCUT2D eigenvalue weighted by Gasteiger charge is 2.32. The molecule has 2 aromatic rings. The van der Waals surface area contributed by atoms with Crippen LogP contribution >= 0.6 is 0 Å². The van der Waals surface area contributed by atoms with E-state index >= 15 is 0 Å². The van der Waals surface area contributed by atoms with Crippen molar-refractivity contribution in [3.63, 3.8) is 0 Å². The number of anilines is 3. The van der Waals surface area contributed by atoms with Crippen molar-refractivity contribution in [3.8, 4) is 23.8 Å². The zero-order valence-electron chi connectivity index (χ0n) is 16.0. The molecular weight excluding hydrogens is 391 g/mol. The Labute approximate surface area is 171 Å². The molecule has 13 heteroatoms. The predicted molar refractivity (Wildman–Crippen MR) is 109 cm³/mol. The van der Waals surface area contributed by atoms with Gasteiger partial charge in [0.15, 0.2) is 6.19 Å². The topological polar surface area (TPSA) is 208 Å². The van der Waals surface area contributed by atoms with Crippen LogP contribution in [0.25, 0.3) is 0 Å². The number of hydrogen-bond acceptors (Lipinski definition) is 12. The maximum Gasteiger partial charge on any atom is 0.496 e. The van der Waals surface area contributed by atoms with Crippen molar-refractivity contribution >= 4 is 35.9 Å². The van der Waals surface area contributed by atoms with Gasteiger partial charge in [-0.05, 0) is 17.7 Å². The highest BCUT2D eigenvalue weighted by atomic mass is 16.5. The van der Waals surface area contributed by atoms with E-state index in [9.17, 15) is 15.3 Å². The number of nitrogens with zero attached hydrogens (tertiary/aromatic N) is 4. The smallest absolute Gasteiger partial charge is 0.496 e. The summed E-state index contributed by atoms with van der Waals surface area (Å²) < 4.78 is 10.6. The summed E-state index contributed by atoms with van der Waals surface area (Å²) in [6, 6.07) is 4.12. The Morgan fingerprint density at radius 1 is 1.20 bits per heavy atom. The molecule has 0 aliphatic carbocycles. The Morgan fingerprint density at radius 3 is 2.33 bits per heavy atom. The average molecular weight is 408 g/mol. The largest absolute Gasteiger partial charge is 0.497 e. The Kier molecular flexibility index (Phi) is 5.51. The number of rotatable bonds is 4. The molecule has 0 saturated heterocycles. The quantitative estimate of drug-likeness (QED) is 0.200. The van der Waals surface area contributed by atoms with Crippen molar-refractivity contribution in [2.75, 3.05) is 31.0 Å². The molecule has 0 fully saturated rings. The van der Waals surface area contributed by atoms with Crippen LogP contribution in [0.1, 0.15) is 22.7 Å². The van der Waals surface area contributed by atoms with Gasteiger partial charge >= 0.3 is 7.12 Å². The van der Waals surface area contributed by atoms with Gasteiger partial charge in [0.05, 0.1) is 25.4 Å². The number of ether oxygens (including phenoxy) is 2. The molecule has 30 heavy (non-hydrogen) atoms. The van der Waals surface area contributed by atoms with Crippen LogP contribution in [0.5, 0.6) is 11.5 Å². The number of pyridine rings is 1. The monoisotopic (exact) mass is 408 g/mol. The minimum absolute atomic E-state index is 0.00577. The number of nitriles is 2. The van der Waals surface area contributed by atoms with Crippen molar-refractivity contribution in [1.29, 1.82) is 10.5 Å². The first-order chi connectivity index (χ1) is 14.4. The van der Waals surface area contributed by atoms with E-state index in [0.717, 1.165) is 0 Å². The van der Waals surface area contributed by atoms with E-state index in [-0.39, 0.29) is 45.8 Å². The molecule has 1 unspecified atom stereocenters. The summed E-state index contributed by atoms with van der Waals surface area (Å²) in [7, 11) is 0.870. The summed E-state index contributed by atoms with van der Waals surface area (Å²) in [5.41, 5.74) is 12.9. The minimum atomic E-state index is -1.85. The molecule has 0 spiro atoms. The Bertz CT molecular complexity index is 1100. The van der Waals surface area contributed by atoms with Crippen molar-refractivity contribution in [1.82, 2.24) is 10.3 Å². The highest BCUT2D eigenvalue weighted by molar-refractivity contribution is 6.61. The van der Waals surface area contributed by atoms with E-state index in [2.05, 4.69) is 20.6 Å². The number of nitrogens with one attached hydrogen (secondary N) is 2. The lowest BCUT2D eigenvalue weighted by Gasteiger charge is -2.27. The summed E-state index contributed by atoms with van der Waals surface area (Å²) in [4.78, 5) is 8.62. The second-order valence-electron chi connectivity index (χ2n) is 6.11. The zero-order valence-corrected chi connectivity index (χ0v) is 16.0. The fraction of sp³-hybridized carbons (Fsp3) is 0.176. The summed E-state index contributed by atoms with van der Waals surface area (Å²) >= 11 is 0. The molecule has 0 amide bonds. The molecule has 2 heterocycles. The number of benzene rings is 1. The summed E-state index contributed by atoms with van der Waals surface area (Å²) in [6.45, 7) is 0. The maximum absolute atomic E-state index is 9.69. The standard InChI is InChI=1S/C17H17BN8O4/c1-29-9-3-7(4-10(30-2)12(9)18(27)28)14-11-13(21)8(5-19)15(22)25-16(11)26-17(24-14)23-6-20/h3-4,14,27-28H,1-2H3,(H6,21,22,23,24,25,26). The van der Waals surface area contributed by atoms with E-state index in [1.807, 2.05) is 6.07 Å². The number of methoxy groups -OCH3 is 2. The van der Waals surface area contributed by atoms with Crippen LogP contribution in [-0.2, 0) is 0 Å². The van der Waals surface area contributed by atoms with Crippen LogP contribution in [0.4, 0.5) is 17.3 Å². The second kappa shape index (κ2) is 8.04. The number of guanidine groups is 1. The first-order valence-electron chi connectivity index (χ1n) is 8.47. The molecule has 0 bridgehead atoms. The lowest BCUT2D eigenvalue weighted by molar-refractivity contribution is 0.384. The van der Waals surface area contributed by atoms with E-state index < -0.39 is 13.2 Å². The molecule has 1 atom stereocenters. The fourth-order valence-electron chi connectivity index (χ4n) is 3.19. The predicted octanol–water partition coefficient (Wildman–Crippen LogP) is -1.24. The summed E-state index contributed by atoms with van der Waals surface area (Å²) in [5.74, 6) is 0.479. The molecule has 1 aliphatic rings. The van der Waals surface area contributed by atoms with Crippen LogP contribution in [0.15, 0.2) is 17.1 Å². The summed E-state index contributed by atoms with van der Waals surface area (Å²) in [5, 5.41) is 43.0. The highest BCUT2D eigenvalue weighted by Crippen LogP contribution is 2.41. The van der Waals surface area contributed by atoms with Gasteiger partial charge in [0.1, 0.15) is 40.8 Å². The Balaban J connectivity index is 2.30. The summed E-state index contributed by atoms with van der Waals surface area (Å²) in [6.07, 6.45) is 1.76. The normalized spacial score (nSPS) is 14.3. The van der Waals surface area contributed by atoms with E-state index in [0.29, 0.717) is 11.1 Å². The van der Waals surface area contributed by atoms with Gasteiger partial charge in [0.2, 0.25) is 5.96 Å². The van der Waals surface area contributed by atoms with Crippen LogP contribution in [0.2, 0.25) is 0 Å². The first-order valence-corrected chi connectivity index (χ1v) is 8.47. The molecule has 0 saturated carbocycles. The van der Waals surface area contributed by atoms with E-state index in [4.69, 9.17) is 26.2 Å². The Morgan fingerprint density at radius 2 is 1.83 bits per heavy atom. The van der Waals surface area contributed by atoms with Gasteiger partial charge in [-0.2, -0.15) is 10.5 Å². The molecule has 1 aliphatic heterocycles. The van der Waals surface area contributed by atoms with Crippen LogP contribution in [-0.4, -0.2) is 42.3 Å². The molecule has 0 radical (unpaired) electrons. The van der Waals surface area contributed by atoms with Gasteiger partial charge in [-0.15, -0.1) is 0 Å². The molecule has 3 rings (SSSR count). The van der Waals surface area contributed by atoms with Crippen molar-refractivity contribution in [3.05, 3.63) is 28.8 Å². The lowest BCUT2D eigenvalue weighted by atomic mass is 9.77. The number of nitrogen functional groups attached to an aromatic ring is 2. The number of fused-ring (bicyclic) bond motifs is 1. The third-order valence-corrected chi connectivity index (χ3v) is 4.50. The van der Waals surface area contributed by atoms with Crippen LogP contribution < -0.4 is 37.0 Å². The van der Waals surface area contributed by atoms with Crippen LogP contribution in [0.3, 0.4) is 0 Å². The fourth-order valence-corrected chi connectivity index (χ4v) is 3.19. The minimum Gasteiger partial charge on any atom is -0.497 e. The maximum atomic E-state index is 9.69. The van der Waals surface area contributed by atoms with Gasteiger partial charge < -0.3 is 36.3 Å². The second-order valence-corrected chi connectivity index (χ2v) is 6.11. The first kappa shape index (κ1) is 20.5. The van der Waals surface area contributed by atoms with Gasteiger partial charge in [-0.3, -0.25) is 5.32 Å². The van der Waals surface area contributed by atoms with Crippen molar-refractivity contribution < 1.29 is 19.5 Å². The van der Waals surface area contributed by atoms with Gasteiger partial charge in [-0.25, -0.2) is 9.98 Å². The molecule has 8 N–H and O–H groups in total. The third-order valence-electron chi connectivity index (χ3n) is 4.50. The van der Waals surface area contributed by atoms with Crippen LogP contribution in [0, 0.1) is 22.8 Å². The van der Waals surface area contributed by atoms with Gasteiger partial charge in [-0.1, -0.05) is 0 Å². The number of aliphatic imine (C=N–C) groups is 1. The molecule has 12 nitrogen and oxygen atoms in total. The number of hydrogen-bond donors (Lipinski definition) is 6. The zero-order chi connectivity index (χ0) is 22.0. The molecule has 1 aromatic carbocycles. The number of nitrogens with two attached hydrogens (primary N) is 2.